The van der Waals surface area contributed by atoms with E-state index in [1.54, 1.807) is 0 Å². The normalized spacial score (nSPS) is 27.6. The van der Waals surface area contributed by atoms with Gasteiger partial charge in [-0.1, -0.05) is 6.92 Å². The van der Waals surface area contributed by atoms with Crippen LogP contribution in [0.2, 0.25) is 0 Å². The first kappa shape index (κ1) is 11.7. The largest absolute Gasteiger partial charge is 0.389 e. The summed E-state index contributed by atoms with van der Waals surface area (Å²) in [4.78, 5) is 0. The Hall–Kier alpha value is 0.270. The molecule has 0 aromatic heterocycles. The van der Waals surface area contributed by atoms with E-state index >= 15 is 0 Å². The minimum atomic E-state index is -0.409. The monoisotopic (exact) mass is 229 g/mol. The van der Waals surface area contributed by atoms with Gasteiger partial charge in [0.1, 0.15) is 0 Å². The highest BCUT2D eigenvalue weighted by molar-refractivity contribution is 7.99. The van der Waals surface area contributed by atoms with Crippen LogP contribution >= 0.6 is 11.8 Å². The zero-order valence-electron chi connectivity index (χ0n) is 9.67. The lowest BCUT2D eigenvalue weighted by atomic mass is 9.96. The lowest BCUT2D eigenvalue weighted by Crippen LogP contribution is -2.47. The van der Waals surface area contributed by atoms with Crippen LogP contribution in [0.1, 0.15) is 39.0 Å². The molecule has 1 saturated heterocycles. The van der Waals surface area contributed by atoms with Crippen LogP contribution in [-0.2, 0) is 0 Å². The molecule has 15 heavy (non-hydrogen) atoms. The standard InChI is InChI=1S/C12H23NOS/c1-2-11(10-3-4-10)13-9-12(14)5-7-15-8-6-12/h10-11,13-14H,2-9H2,1H3. The van der Waals surface area contributed by atoms with Gasteiger partial charge in [-0.05, 0) is 49.5 Å². The van der Waals surface area contributed by atoms with Crippen molar-refractivity contribution in [2.45, 2.75) is 50.7 Å². The quantitative estimate of drug-likeness (QED) is 0.756. The Labute approximate surface area is 97.2 Å². The molecule has 2 fully saturated rings. The van der Waals surface area contributed by atoms with Crippen LogP contribution in [0.5, 0.6) is 0 Å². The second-order valence-corrected chi connectivity index (χ2v) is 6.29. The Morgan fingerprint density at radius 3 is 2.60 bits per heavy atom. The Kier molecular flexibility index (Phi) is 3.97. The summed E-state index contributed by atoms with van der Waals surface area (Å²) in [6.45, 7) is 3.05. The Balaban J connectivity index is 1.74. The molecule has 88 valence electrons. The third-order valence-corrected chi connectivity index (χ3v) is 4.73. The summed E-state index contributed by atoms with van der Waals surface area (Å²) in [5.74, 6) is 3.15. The summed E-state index contributed by atoms with van der Waals surface area (Å²) < 4.78 is 0. The van der Waals surface area contributed by atoms with Gasteiger partial charge in [0.05, 0.1) is 5.60 Å². The molecule has 0 radical (unpaired) electrons. The van der Waals surface area contributed by atoms with Crippen molar-refractivity contribution < 1.29 is 5.11 Å². The van der Waals surface area contributed by atoms with Crippen LogP contribution in [0, 0.1) is 5.92 Å². The number of nitrogens with one attached hydrogen (secondary N) is 1. The predicted octanol–water partition coefficient (Wildman–Crippen LogP) is 2.02. The van der Waals surface area contributed by atoms with Crippen molar-refractivity contribution in [1.29, 1.82) is 0 Å². The molecule has 1 heterocycles. The lowest BCUT2D eigenvalue weighted by molar-refractivity contribution is 0.0287. The van der Waals surface area contributed by atoms with Crippen LogP contribution in [-0.4, -0.2) is 34.8 Å². The molecule has 1 atom stereocenters. The first-order valence-corrected chi connectivity index (χ1v) is 7.42. The van der Waals surface area contributed by atoms with Gasteiger partial charge in [0.2, 0.25) is 0 Å². The van der Waals surface area contributed by atoms with E-state index in [4.69, 9.17) is 0 Å². The van der Waals surface area contributed by atoms with Crippen molar-refractivity contribution in [2.24, 2.45) is 5.92 Å². The Bertz CT molecular complexity index is 200. The maximum Gasteiger partial charge on any atom is 0.0787 e. The molecule has 0 amide bonds. The van der Waals surface area contributed by atoms with Gasteiger partial charge in [-0.15, -0.1) is 0 Å². The summed E-state index contributed by atoms with van der Waals surface area (Å²) in [7, 11) is 0. The van der Waals surface area contributed by atoms with E-state index in [2.05, 4.69) is 12.2 Å². The zero-order valence-corrected chi connectivity index (χ0v) is 10.5. The molecular formula is C12H23NOS. The summed E-state index contributed by atoms with van der Waals surface area (Å²) >= 11 is 1.97. The minimum absolute atomic E-state index is 0.409. The van der Waals surface area contributed by atoms with Crippen molar-refractivity contribution in [3.63, 3.8) is 0 Å². The van der Waals surface area contributed by atoms with Gasteiger partial charge in [-0.3, -0.25) is 0 Å². The average Bonchev–Trinajstić information content (AvgIpc) is 3.04. The smallest absolute Gasteiger partial charge is 0.0787 e. The van der Waals surface area contributed by atoms with E-state index in [0.29, 0.717) is 6.04 Å². The molecular weight excluding hydrogens is 206 g/mol. The molecule has 1 aliphatic carbocycles. The van der Waals surface area contributed by atoms with Gasteiger partial charge in [-0.2, -0.15) is 11.8 Å². The SMILES string of the molecule is CCC(NCC1(O)CCSCC1)C1CC1. The molecule has 0 aromatic rings. The summed E-state index contributed by atoms with van der Waals surface area (Å²) in [6.07, 6.45) is 5.91. The van der Waals surface area contributed by atoms with Gasteiger partial charge in [0.25, 0.3) is 0 Å². The molecule has 2 N–H and O–H groups in total. The van der Waals surface area contributed by atoms with Gasteiger partial charge in [0.15, 0.2) is 0 Å². The van der Waals surface area contributed by atoms with E-state index in [1.807, 2.05) is 11.8 Å². The molecule has 2 rings (SSSR count). The maximum atomic E-state index is 10.3. The fourth-order valence-electron chi connectivity index (χ4n) is 2.39. The number of rotatable bonds is 5. The number of hydrogen-bond donors (Lipinski definition) is 2. The minimum Gasteiger partial charge on any atom is -0.389 e. The molecule has 0 spiro atoms. The topological polar surface area (TPSA) is 32.3 Å². The van der Waals surface area contributed by atoms with Crippen LogP contribution in [0.25, 0.3) is 0 Å². The molecule has 2 nitrogen and oxygen atoms in total. The highest BCUT2D eigenvalue weighted by atomic mass is 32.2. The third-order valence-electron chi connectivity index (χ3n) is 3.75. The summed E-state index contributed by atoms with van der Waals surface area (Å²) in [5.41, 5.74) is -0.409. The van der Waals surface area contributed by atoms with Crippen molar-refractivity contribution in [1.82, 2.24) is 5.32 Å². The zero-order chi connectivity index (χ0) is 10.7. The molecule has 1 aliphatic heterocycles. The lowest BCUT2D eigenvalue weighted by Gasteiger charge is -2.33. The van der Waals surface area contributed by atoms with E-state index in [1.165, 1.54) is 19.3 Å². The second-order valence-electron chi connectivity index (χ2n) is 5.07. The highest BCUT2D eigenvalue weighted by Gasteiger charge is 2.33. The van der Waals surface area contributed by atoms with E-state index < -0.39 is 5.60 Å². The number of aliphatic hydroxyl groups is 1. The molecule has 1 saturated carbocycles. The summed E-state index contributed by atoms with van der Waals surface area (Å²) in [6, 6.07) is 0.656. The van der Waals surface area contributed by atoms with Crippen molar-refractivity contribution >= 4 is 11.8 Å². The second kappa shape index (κ2) is 5.07. The molecule has 2 aliphatic rings. The van der Waals surface area contributed by atoms with E-state index in [0.717, 1.165) is 36.8 Å². The molecule has 0 aromatic carbocycles. The van der Waals surface area contributed by atoms with E-state index in [-0.39, 0.29) is 0 Å². The van der Waals surface area contributed by atoms with Gasteiger partial charge in [-0.25, -0.2) is 0 Å². The molecule has 1 unspecified atom stereocenters. The van der Waals surface area contributed by atoms with Crippen LogP contribution in [0.4, 0.5) is 0 Å². The Morgan fingerprint density at radius 2 is 2.07 bits per heavy atom. The molecule has 3 heteroatoms. The Morgan fingerprint density at radius 1 is 1.40 bits per heavy atom. The average molecular weight is 229 g/mol. The van der Waals surface area contributed by atoms with Crippen molar-refractivity contribution in [3.8, 4) is 0 Å². The highest BCUT2D eigenvalue weighted by Crippen LogP contribution is 2.34. The van der Waals surface area contributed by atoms with Crippen molar-refractivity contribution in [3.05, 3.63) is 0 Å². The third kappa shape index (κ3) is 3.36. The fraction of sp³-hybridized carbons (Fsp3) is 1.00. The number of thioether (sulfide) groups is 1. The molecule has 0 bridgehead atoms. The van der Waals surface area contributed by atoms with Crippen molar-refractivity contribution in [2.75, 3.05) is 18.1 Å². The van der Waals surface area contributed by atoms with Crippen LogP contribution in [0.3, 0.4) is 0 Å². The predicted molar refractivity (Wildman–Crippen MR) is 66.3 cm³/mol. The van der Waals surface area contributed by atoms with Gasteiger partial charge < -0.3 is 10.4 Å². The van der Waals surface area contributed by atoms with E-state index in [9.17, 15) is 5.11 Å². The summed E-state index contributed by atoms with van der Waals surface area (Å²) in [5, 5.41) is 13.9. The van der Waals surface area contributed by atoms with Crippen LogP contribution < -0.4 is 5.32 Å². The number of hydrogen-bond acceptors (Lipinski definition) is 3. The van der Waals surface area contributed by atoms with Gasteiger partial charge in [0, 0.05) is 12.6 Å². The maximum absolute atomic E-state index is 10.3. The van der Waals surface area contributed by atoms with Crippen LogP contribution in [0.15, 0.2) is 0 Å². The fourth-order valence-corrected chi connectivity index (χ4v) is 3.64. The first-order valence-electron chi connectivity index (χ1n) is 6.27. The van der Waals surface area contributed by atoms with Gasteiger partial charge >= 0.3 is 0 Å². The first-order chi connectivity index (χ1) is 7.23.